The largest absolute Gasteiger partial charge is 0.493 e. The van der Waals surface area contributed by atoms with Crippen LogP contribution in [0.1, 0.15) is 25.7 Å². The number of nitrogens with two attached hydrogens (primary N) is 1. The molecule has 1 saturated heterocycles. The van der Waals surface area contributed by atoms with Crippen LogP contribution in [-0.2, 0) is 0 Å². The van der Waals surface area contributed by atoms with Crippen molar-refractivity contribution in [2.45, 2.75) is 30.8 Å². The van der Waals surface area contributed by atoms with E-state index in [1.165, 1.54) is 60.1 Å². The van der Waals surface area contributed by atoms with Crippen LogP contribution < -0.4 is 10.5 Å². The minimum atomic E-state index is 0.305. The van der Waals surface area contributed by atoms with Crippen molar-refractivity contribution in [3.05, 3.63) is 24.3 Å². The van der Waals surface area contributed by atoms with Crippen LogP contribution in [0.15, 0.2) is 29.4 Å². The first-order valence-electron chi connectivity index (χ1n) is 9.79. The summed E-state index contributed by atoms with van der Waals surface area (Å²) in [6.07, 6.45) is 6.92. The van der Waals surface area contributed by atoms with Gasteiger partial charge in [-0.15, -0.1) is 15.3 Å². The van der Waals surface area contributed by atoms with E-state index in [1.807, 2.05) is 30.5 Å². The maximum Gasteiger partial charge on any atom is 0.236 e. The van der Waals surface area contributed by atoms with Gasteiger partial charge in [-0.25, -0.2) is 0 Å². The number of nitrogens with zero attached hydrogens (tertiary/aromatic N) is 6. The number of para-hydroxylation sites is 1. The van der Waals surface area contributed by atoms with E-state index in [0.717, 1.165) is 29.3 Å². The highest BCUT2D eigenvalue weighted by Gasteiger charge is 2.16. The Kier molecular flexibility index (Phi) is 6.63. The van der Waals surface area contributed by atoms with E-state index in [-0.39, 0.29) is 0 Å². The lowest BCUT2D eigenvalue weighted by Gasteiger charge is -2.26. The Bertz CT molecular complexity index is 936. The number of anilines is 1. The van der Waals surface area contributed by atoms with Gasteiger partial charge in [0.25, 0.3) is 0 Å². The average molecular weight is 432 g/mol. The summed E-state index contributed by atoms with van der Waals surface area (Å²) in [6.45, 7) is 4.21. The molecule has 0 unspecified atom stereocenters. The monoisotopic (exact) mass is 431 g/mol. The lowest BCUT2D eigenvalue weighted by Crippen LogP contribution is -2.31. The van der Waals surface area contributed by atoms with Crippen LogP contribution in [0.2, 0.25) is 0 Å². The normalized spacial score (nSPS) is 14.9. The summed E-state index contributed by atoms with van der Waals surface area (Å²) >= 11 is 2.85. The number of ether oxygens (including phenoxy) is 1. The molecule has 8 nitrogen and oxygen atoms in total. The average Bonchev–Trinajstić information content (AvgIpc) is 3.39. The van der Waals surface area contributed by atoms with Crippen molar-refractivity contribution in [3.63, 3.8) is 0 Å². The Balaban J connectivity index is 1.42. The summed E-state index contributed by atoms with van der Waals surface area (Å²) < 4.78 is 7.62. The molecule has 1 aliphatic rings. The van der Waals surface area contributed by atoms with Gasteiger partial charge >= 0.3 is 0 Å². The minimum absolute atomic E-state index is 0.305. The van der Waals surface area contributed by atoms with E-state index >= 15 is 0 Å². The van der Waals surface area contributed by atoms with E-state index in [1.54, 1.807) is 0 Å². The first kappa shape index (κ1) is 20.1. The Morgan fingerprint density at radius 2 is 2.00 bits per heavy atom. The number of rotatable bonds is 8. The molecule has 10 heteroatoms. The molecular weight excluding hydrogens is 406 g/mol. The van der Waals surface area contributed by atoms with Crippen LogP contribution in [-0.4, -0.2) is 62.4 Å². The van der Waals surface area contributed by atoms with Crippen LogP contribution in [0, 0.1) is 0 Å². The summed E-state index contributed by atoms with van der Waals surface area (Å²) in [5.74, 6) is 1.13. The standard InChI is InChI=1S/C19H25N7OS2/c1-28-18-21-17(20)26(24-18)19-23-22-16(29-19)14-8-3-4-9-15(14)27-13-7-12-25-10-5-2-6-11-25/h3-4,8-9H,2,5-7,10-13H2,1H3,(H2,20,21,24). The molecule has 0 saturated carbocycles. The number of nitrogen functional groups attached to an aromatic ring is 1. The van der Waals surface area contributed by atoms with Crippen molar-refractivity contribution in [1.82, 2.24) is 29.9 Å². The molecule has 0 aliphatic carbocycles. The second-order valence-corrected chi connectivity index (χ2v) is 8.59. The lowest BCUT2D eigenvalue weighted by molar-refractivity contribution is 0.205. The summed E-state index contributed by atoms with van der Waals surface area (Å²) in [7, 11) is 0. The minimum Gasteiger partial charge on any atom is -0.493 e. The van der Waals surface area contributed by atoms with E-state index in [0.29, 0.717) is 22.8 Å². The number of hydrogen-bond acceptors (Lipinski definition) is 9. The Morgan fingerprint density at radius 1 is 1.17 bits per heavy atom. The maximum atomic E-state index is 6.09. The Hall–Kier alpha value is -2.17. The summed E-state index contributed by atoms with van der Waals surface area (Å²) in [5, 5.41) is 14.9. The molecule has 0 spiro atoms. The van der Waals surface area contributed by atoms with Crippen molar-refractivity contribution < 1.29 is 4.74 Å². The number of aromatic nitrogens is 5. The molecule has 0 radical (unpaired) electrons. The van der Waals surface area contributed by atoms with Gasteiger partial charge in [-0.1, -0.05) is 41.7 Å². The van der Waals surface area contributed by atoms with Gasteiger partial charge in [0, 0.05) is 6.54 Å². The van der Waals surface area contributed by atoms with Gasteiger partial charge in [0.2, 0.25) is 16.2 Å². The van der Waals surface area contributed by atoms with Crippen molar-refractivity contribution >= 4 is 29.0 Å². The molecule has 1 aromatic carbocycles. The zero-order valence-electron chi connectivity index (χ0n) is 16.5. The molecule has 1 aliphatic heterocycles. The first-order chi connectivity index (χ1) is 14.2. The Morgan fingerprint density at radius 3 is 2.79 bits per heavy atom. The van der Waals surface area contributed by atoms with Crippen molar-refractivity contribution in [2.24, 2.45) is 0 Å². The molecule has 0 amide bonds. The number of likely N-dealkylation sites (tertiary alicyclic amines) is 1. The van der Waals surface area contributed by atoms with Crippen LogP contribution in [0.3, 0.4) is 0 Å². The molecule has 4 rings (SSSR count). The second-order valence-electron chi connectivity index (χ2n) is 6.86. The number of thioether (sulfide) groups is 1. The predicted octanol–water partition coefficient (Wildman–Crippen LogP) is 3.34. The third-order valence-corrected chi connectivity index (χ3v) is 6.30. The third kappa shape index (κ3) is 4.88. The fourth-order valence-corrected chi connectivity index (χ4v) is 4.55. The topological polar surface area (TPSA) is 95.0 Å². The smallest absolute Gasteiger partial charge is 0.236 e. The van der Waals surface area contributed by atoms with Gasteiger partial charge in [0.1, 0.15) is 5.75 Å². The van der Waals surface area contributed by atoms with Gasteiger partial charge < -0.3 is 15.4 Å². The number of piperidine rings is 1. The summed E-state index contributed by atoms with van der Waals surface area (Å²) in [6, 6.07) is 7.94. The molecule has 2 N–H and O–H groups in total. The molecule has 154 valence electrons. The van der Waals surface area contributed by atoms with Gasteiger partial charge in [0.15, 0.2) is 5.01 Å². The van der Waals surface area contributed by atoms with E-state index in [9.17, 15) is 0 Å². The molecule has 3 aromatic rings. The maximum absolute atomic E-state index is 6.09. The summed E-state index contributed by atoms with van der Waals surface area (Å²) in [5.41, 5.74) is 6.88. The quantitative estimate of drug-likeness (QED) is 0.429. The fourth-order valence-electron chi connectivity index (χ4n) is 3.36. The number of hydrogen-bond donors (Lipinski definition) is 1. The first-order valence-corrected chi connectivity index (χ1v) is 11.8. The molecule has 3 heterocycles. The van der Waals surface area contributed by atoms with Crippen molar-refractivity contribution in [2.75, 3.05) is 38.2 Å². The van der Waals surface area contributed by atoms with Crippen molar-refractivity contribution in [1.29, 1.82) is 0 Å². The molecule has 2 aromatic heterocycles. The van der Waals surface area contributed by atoms with E-state index in [4.69, 9.17) is 10.5 Å². The van der Waals surface area contributed by atoms with Gasteiger partial charge in [-0.05, 0) is 50.7 Å². The third-order valence-electron chi connectivity index (χ3n) is 4.83. The fraction of sp³-hybridized carbons (Fsp3) is 0.474. The molecular formula is C19H25N7OS2. The van der Waals surface area contributed by atoms with Gasteiger partial charge in [0.05, 0.1) is 12.2 Å². The zero-order valence-corrected chi connectivity index (χ0v) is 18.1. The highest BCUT2D eigenvalue weighted by Crippen LogP contribution is 2.33. The van der Waals surface area contributed by atoms with E-state index < -0.39 is 0 Å². The van der Waals surface area contributed by atoms with Gasteiger partial charge in [-0.3, -0.25) is 0 Å². The Labute approximate surface area is 178 Å². The van der Waals surface area contributed by atoms with Gasteiger partial charge in [-0.2, -0.15) is 9.67 Å². The predicted molar refractivity (Wildman–Crippen MR) is 117 cm³/mol. The highest BCUT2D eigenvalue weighted by atomic mass is 32.2. The van der Waals surface area contributed by atoms with Crippen molar-refractivity contribution in [3.8, 4) is 21.5 Å². The number of benzene rings is 1. The lowest BCUT2D eigenvalue weighted by atomic mass is 10.1. The molecule has 1 fully saturated rings. The van der Waals surface area contributed by atoms with E-state index in [2.05, 4.69) is 25.2 Å². The molecule has 0 atom stereocenters. The summed E-state index contributed by atoms with van der Waals surface area (Å²) in [4.78, 5) is 6.73. The molecule has 0 bridgehead atoms. The van der Waals surface area contributed by atoms with Crippen LogP contribution in [0.4, 0.5) is 5.95 Å². The zero-order chi connectivity index (χ0) is 20.1. The SMILES string of the molecule is CSc1nc(N)n(-c2nnc(-c3ccccc3OCCCN3CCCCC3)s2)n1. The van der Waals surface area contributed by atoms with Crippen LogP contribution in [0.25, 0.3) is 15.7 Å². The highest BCUT2D eigenvalue weighted by molar-refractivity contribution is 7.98. The van der Waals surface area contributed by atoms with Crippen LogP contribution in [0.5, 0.6) is 5.75 Å². The van der Waals surface area contributed by atoms with Crippen LogP contribution >= 0.6 is 23.1 Å². The second kappa shape index (κ2) is 9.55. The molecule has 29 heavy (non-hydrogen) atoms.